The fourth-order valence-electron chi connectivity index (χ4n) is 2.28. The fourth-order valence-corrected chi connectivity index (χ4v) is 3.17. The highest BCUT2D eigenvalue weighted by Crippen LogP contribution is 2.20. The number of pyridine rings is 1. The third kappa shape index (κ3) is 3.96. The number of carbonyl (C=O) groups is 2. The maximum Gasteiger partial charge on any atom is 0.337 e. The molecule has 2 heterocycles. The number of aryl methyl sites for hydroxylation is 2. The van der Waals surface area contributed by atoms with Crippen molar-refractivity contribution in [1.82, 2.24) is 9.88 Å². The van der Waals surface area contributed by atoms with Gasteiger partial charge in [-0.2, -0.15) is 0 Å². The van der Waals surface area contributed by atoms with Crippen LogP contribution in [0.15, 0.2) is 24.3 Å². The normalized spacial score (nSPS) is 10.8. The van der Waals surface area contributed by atoms with Crippen molar-refractivity contribution in [2.75, 3.05) is 0 Å². The number of amides is 1. The lowest BCUT2D eigenvalue weighted by atomic mass is 10.1. The number of carbonyl (C=O) groups excluding carboxylic acids is 1. The zero-order valence-corrected chi connectivity index (χ0v) is 14.5. The first-order chi connectivity index (χ1) is 10.8. The van der Waals surface area contributed by atoms with Crippen molar-refractivity contribution < 1.29 is 14.7 Å². The molecule has 0 fully saturated rings. The predicted octanol–water partition coefficient (Wildman–Crippen LogP) is 3.51. The first kappa shape index (κ1) is 17.1. The molecule has 0 unspecified atom stereocenters. The van der Waals surface area contributed by atoms with Gasteiger partial charge in [-0.25, -0.2) is 9.78 Å². The van der Waals surface area contributed by atoms with Gasteiger partial charge in [0.05, 0.1) is 17.8 Å². The average molecular weight is 332 g/mol. The van der Waals surface area contributed by atoms with Gasteiger partial charge >= 0.3 is 5.97 Å². The van der Waals surface area contributed by atoms with Gasteiger partial charge in [-0.3, -0.25) is 4.79 Å². The Hall–Kier alpha value is -2.21. The molecule has 23 heavy (non-hydrogen) atoms. The van der Waals surface area contributed by atoms with Crippen molar-refractivity contribution in [3.05, 3.63) is 51.0 Å². The summed E-state index contributed by atoms with van der Waals surface area (Å²) < 4.78 is 0. The summed E-state index contributed by atoms with van der Waals surface area (Å²) >= 11 is 1.66. The first-order valence-corrected chi connectivity index (χ1v) is 8.18. The molecule has 2 rings (SSSR count). The summed E-state index contributed by atoms with van der Waals surface area (Å²) in [4.78, 5) is 32.0. The Balaban J connectivity index is 2.27. The number of nitrogens with zero attached hydrogens (tertiary/aromatic N) is 2. The van der Waals surface area contributed by atoms with Gasteiger partial charge in [0, 0.05) is 15.8 Å². The molecule has 0 atom stereocenters. The van der Waals surface area contributed by atoms with E-state index in [9.17, 15) is 9.59 Å². The van der Waals surface area contributed by atoms with Crippen LogP contribution in [0.3, 0.4) is 0 Å². The second-order valence-corrected chi connectivity index (χ2v) is 7.05. The van der Waals surface area contributed by atoms with Crippen molar-refractivity contribution in [3.63, 3.8) is 0 Å². The molecule has 0 aliphatic carbocycles. The molecule has 122 valence electrons. The Labute approximate surface area is 139 Å². The summed E-state index contributed by atoms with van der Waals surface area (Å²) in [5.74, 6) is -1.23. The summed E-state index contributed by atoms with van der Waals surface area (Å²) in [5.41, 5.74) is 0.736. The molecule has 0 saturated heterocycles. The second kappa shape index (κ2) is 6.91. The molecule has 0 bridgehead atoms. The minimum absolute atomic E-state index is 0.0196. The van der Waals surface area contributed by atoms with Crippen molar-refractivity contribution in [2.45, 2.75) is 40.3 Å². The molecule has 0 radical (unpaired) electrons. The Kier molecular flexibility index (Phi) is 5.15. The van der Waals surface area contributed by atoms with Crippen LogP contribution in [0.1, 0.15) is 50.1 Å². The van der Waals surface area contributed by atoms with Gasteiger partial charge in [-0.15, -0.1) is 11.3 Å². The zero-order valence-electron chi connectivity index (χ0n) is 13.7. The number of rotatable bonds is 5. The topological polar surface area (TPSA) is 70.5 Å². The minimum atomic E-state index is -1.04. The van der Waals surface area contributed by atoms with Gasteiger partial charge in [0.2, 0.25) is 0 Å². The predicted molar refractivity (Wildman–Crippen MR) is 90.0 cm³/mol. The zero-order chi connectivity index (χ0) is 17.1. The van der Waals surface area contributed by atoms with Crippen molar-refractivity contribution in [3.8, 4) is 0 Å². The van der Waals surface area contributed by atoms with Gasteiger partial charge in [0.25, 0.3) is 5.91 Å². The van der Waals surface area contributed by atoms with Crippen LogP contribution in [0.5, 0.6) is 0 Å². The van der Waals surface area contributed by atoms with Gasteiger partial charge in [-0.05, 0) is 52.0 Å². The number of aromatic carboxylic acids is 1. The van der Waals surface area contributed by atoms with Gasteiger partial charge in [0.1, 0.15) is 5.69 Å². The van der Waals surface area contributed by atoms with Crippen LogP contribution in [0, 0.1) is 13.8 Å². The lowest BCUT2D eigenvalue weighted by Gasteiger charge is -2.26. The third-order valence-corrected chi connectivity index (χ3v) is 4.53. The maximum atomic E-state index is 12.8. The molecule has 2 aromatic heterocycles. The standard InChI is InChI=1S/C17H20N2O3S/c1-10(2)19(9-13-6-5-11(3)23-13)16(20)15-8-7-14(17(21)22)12(4)18-15/h5-8,10H,9H2,1-4H3,(H,21,22). The fraction of sp³-hybridized carbons (Fsp3) is 0.353. The smallest absolute Gasteiger partial charge is 0.337 e. The Morgan fingerprint density at radius 3 is 2.39 bits per heavy atom. The molecule has 0 aromatic carbocycles. The minimum Gasteiger partial charge on any atom is -0.478 e. The van der Waals surface area contributed by atoms with E-state index in [1.165, 1.54) is 17.0 Å². The number of carboxylic acid groups (broad SMARTS) is 1. The Bertz CT molecular complexity index is 737. The molecule has 1 amide bonds. The summed E-state index contributed by atoms with van der Waals surface area (Å²) in [6.45, 7) is 8.07. The van der Waals surface area contributed by atoms with E-state index in [2.05, 4.69) is 4.98 Å². The lowest BCUT2D eigenvalue weighted by molar-refractivity contribution is 0.0674. The second-order valence-electron chi connectivity index (χ2n) is 5.67. The molecule has 0 aliphatic heterocycles. The summed E-state index contributed by atoms with van der Waals surface area (Å²) in [6.07, 6.45) is 0. The lowest BCUT2D eigenvalue weighted by Crippen LogP contribution is -2.36. The largest absolute Gasteiger partial charge is 0.478 e. The van der Waals surface area contributed by atoms with Gasteiger partial charge in [-0.1, -0.05) is 0 Å². The molecular formula is C17H20N2O3S. The molecule has 6 heteroatoms. The van der Waals surface area contributed by atoms with E-state index < -0.39 is 5.97 Å². The van der Waals surface area contributed by atoms with Crippen molar-refractivity contribution in [2.24, 2.45) is 0 Å². The highest BCUT2D eigenvalue weighted by molar-refractivity contribution is 7.11. The molecule has 0 spiro atoms. The van der Waals surface area contributed by atoms with E-state index in [0.717, 1.165) is 4.88 Å². The van der Waals surface area contributed by atoms with E-state index in [4.69, 9.17) is 5.11 Å². The number of hydrogen-bond acceptors (Lipinski definition) is 4. The summed E-state index contributed by atoms with van der Waals surface area (Å²) in [6, 6.07) is 6.99. The van der Waals surface area contributed by atoms with Crippen LogP contribution in [0.25, 0.3) is 0 Å². The van der Waals surface area contributed by atoms with Crippen LogP contribution in [0.2, 0.25) is 0 Å². The Morgan fingerprint density at radius 1 is 1.22 bits per heavy atom. The first-order valence-electron chi connectivity index (χ1n) is 7.36. The Morgan fingerprint density at radius 2 is 1.91 bits per heavy atom. The molecule has 0 saturated carbocycles. The van der Waals surface area contributed by atoms with E-state index >= 15 is 0 Å². The molecule has 1 N–H and O–H groups in total. The molecule has 2 aromatic rings. The van der Waals surface area contributed by atoms with E-state index in [-0.39, 0.29) is 23.2 Å². The third-order valence-electron chi connectivity index (χ3n) is 3.54. The van der Waals surface area contributed by atoms with E-state index in [0.29, 0.717) is 12.2 Å². The van der Waals surface area contributed by atoms with Crippen LogP contribution < -0.4 is 0 Å². The van der Waals surface area contributed by atoms with E-state index in [1.54, 1.807) is 23.2 Å². The number of thiophene rings is 1. The number of hydrogen-bond donors (Lipinski definition) is 1. The van der Waals surface area contributed by atoms with Crippen molar-refractivity contribution >= 4 is 23.2 Å². The summed E-state index contributed by atoms with van der Waals surface area (Å²) in [5, 5.41) is 9.06. The van der Waals surface area contributed by atoms with Crippen LogP contribution in [-0.2, 0) is 6.54 Å². The average Bonchev–Trinajstić information content (AvgIpc) is 2.88. The van der Waals surface area contributed by atoms with Gasteiger partial charge < -0.3 is 10.0 Å². The highest BCUT2D eigenvalue weighted by Gasteiger charge is 2.22. The van der Waals surface area contributed by atoms with Gasteiger partial charge in [0.15, 0.2) is 0 Å². The van der Waals surface area contributed by atoms with E-state index in [1.807, 2.05) is 32.9 Å². The number of aromatic nitrogens is 1. The SMILES string of the molecule is Cc1ccc(CN(C(=O)c2ccc(C(=O)O)c(C)n2)C(C)C)s1. The maximum absolute atomic E-state index is 12.8. The monoisotopic (exact) mass is 332 g/mol. The quantitative estimate of drug-likeness (QED) is 0.909. The summed E-state index contributed by atoms with van der Waals surface area (Å²) in [7, 11) is 0. The van der Waals surface area contributed by atoms with Crippen LogP contribution in [-0.4, -0.2) is 32.9 Å². The number of carboxylic acids is 1. The molecular weight excluding hydrogens is 312 g/mol. The highest BCUT2D eigenvalue weighted by atomic mass is 32.1. The van der Waals surface area contributed by atoms with Crippen LogP contribution >= 0.6 is 11.3 Å². The molecule has 0 aliphatic rings. The van der Waals surface area contributed by atoms with Crippen molar-refractivity contribution in [1.29, 1.82) is 0 Å². The van der Waals surface area contributed by atoms with Crippen LogP contribution in [0.4, 0.5) is 0 Å². The molecule has 5 nitrogen and oxygen atoms in total.